The highest BCUT2D eigenvalue weighted by atomic mass is 19.4. The summed E-state index contributed by atoms with van der Waals surface area (Å²) in [5, 5.41) is 0. The number of esters is 1. The number of ether oxygens (including phenoxy) is 3. The van der Waals surface area contributed by atoms with Crippen molar-refractivity contribution in [3.8, 4) is 0 Å². The highest BCUT2D eigenvalue weighted by Crippen LogP contribution is 2.31. The second-order valence-electron chi connectivity index (χ2n) is 2.62. The topological polar surface area (TPSA) is 61.8 Å². The number of hydrogen-bond donors (Lipinski definition) is 0. The molecule has 0 aromatic heterocycles. The van der Waals surface area contributed by atoms with E-state index in [1.54, 1.807) is 0 Å². The lowest BCUT2D eigenvalue weighted by Gasteiger charge is -2.16. The van der Waals surface area contributed by atoms with Gasteiger partial charge in [-0.1, -0.05) is 0 Å². The van der Waals surface area contributed by atoms with Crippen LogP contribution in [0.1, 0.15) is 6.92 Å². The van der Waals surface area contributed by atoms with Crippen LogP contribution in [0.3, 0.4) is 0 Å². The fraction of sp³-hybridized carbons (Fsp3) is 0.714. The first-order chi connectivity index (χ1) is 6.86. The Morgan fingerprint density at radius 3 is 2.53 bits per heavy atom. The average molecular weight is 228 g/mol. The van der Waals surface area contributed by atoms with E-state index in [9.17, 15) is 22.8 Å². The van der Waals surface area contributed by atoms with Crippen LogP contribution in [0.2, 0.25) is 0 Å². The molecule has 2 atom stereocenters. The van der Waals surface area contributed by atoms with Crippen LogP contribution < -0.4 is 0 Å². The summed E-state index contributed by atoms with van der Waals surface area (Å²) in [6, 6.07) is 0. The highest BCUT2D eigenvalue weighted by molar-refractivity contribution is 5.80. The zero-order valence-corrected chi connectivity index (χ0v) is 7.54. The van der Waals surface area contributed by atoms with E-state index in [1.807, 2.05) is 0 Å². The van der Waals surface area contributed by atoms with E-state index in [0.29, 0.717) is 0 Å². The lowest BCUT2D eigenvalue weighted by atomic mass is 10.2. The summed E-state index contributed by atoms with van der Waals surface area (Å²) in [6.45, 7) is 1.30. The van der Waals surface area contributed by atoms with Crippen LogP contribution in [-0.2, 0) is 19.0 Å². The second-order valence-corrected chi connectivity index (χ2v) is 2.62. The molecule has 1 saturated heterocycles. The Morgan fingerprint density at radius 1 is 1.47 bits per heavy atom. The Morgan fingerprint density at radius 2 is 2.07 bits per heavy atom. The van der Waals surface area contributed by atoms with Gasteiger partial charge in [-0.15, -0.1) is 0 Å². The molecule has 1 fully saturated rings. The minimum absolute atomic E-state index is 0.114. The van der Waals surface area contributed by atoms with E-state index in [1.165, 1.54) is 6.92 Å². The third kappa shape index (κ3) is 2.51. The van der Waals surface area contributed by atoms with Crippen LogP contribution in [0.15, 0.2) is 0 Å². The second kappa shape index (κ2) is 3.95. The lowest BCUT2D eigenvalue weighted by molar-refractivity contribution is -0.209. The molecular weight excluding hydrogens is 221 g/mol. The van der Waals surface area contributed by atoms with Crippen molar-refractivity contribution >= 4 is 12.1 Å². The summed E-state index contributed by atoms with van der Waals surface area (Å²) in [5.74, 6) is -1.27. The zero-order valence-electron chi connectivity index (χ0n) is 7.54. The van der Waals surface area contributed by atoms with Crippen molar-refractivity contribution < 1.29 is 37.0 Å². The van der Waals surface area contributed by atoms with Crippen molar-refractivity contribution in [1.82, 2.24) is 0 Å². The normalized spacial score (nSPS) is 25.7. The molecule has 5 nitrogen and oxygen atoms in total. The molecule has 0 radical (unpaired) electrons. The average Bonchev–Trinajstić information content (AvgIpc) is 2.47. The number of hydrogen-bond acceptors (Lipinski definition) is 5. The van der Waals surface area contributed by atoms with Gasteiger partial charge in [-0.25, -0.2) is 9.59 Å². The highest BCUT2D eigenvalue weighted by Gasteiger charge is 2.57. The lowest BCUT2D eigenvalue weighted by Crippen LogP contribution is -2.42. The summed E-state index contributed by atoms with van der Waals surface area (Å²) in [7, 11) is 0. The van der Waals surface area contributed by atoms with Gasteiger partial charge in [0.25, 0.3) is 0 Å². The number of rotatable bonds is 2. The smallest absolute Gasteiger partial charge is 0.463 e. The van der Waals surface area contributed by atoms with Crippen molar-refractivity contribution in [2.24, 2.45) is 0 Å². The molecule has 15 heavy (non-hydrogen) atoms. The summed E-state index contributed by atoms with van der Waals surface area (Å²) >= 11 is 0. The maximum absolute atomic E-state index is 12.2. The molecule has 0 N–H and O–H groups in total. The van der Waals surface area contributed by atoms with Gasteiger partial charge < -0.3 is 14.2 Å². The number of carbonyl (C=O) groups is 2. The molecule has 0 aliphatic carbocycles. The van der Waals surface area contributed by atoms with Gasteiger partial charge in [0, 0.05) is 0 Å². The molecule has 1 heterocycles. The molecule has 2 unspecified atom stereocenters. The number of alkyl halides is 3. The first-order valence-corrected chi connectivity index (χ1v) is 3.97. The molecule has 0 bridgehead atoms. The summed E-state index contributed by atoms with van der Waals surface area (Å²) in [5.41, 5.74) is 0. The van der Waals surface area contributed by atoms with Gasteiger partial charge in [0.15, 0.2) is 0 Å². The maximum atomic E-state index is 12.2. The van der Waals surface area contributed by atoms with Gasteiger partial charge in [0.05, 0.1) is 6.61 Å². The molecule has 0 spiro atoms. The quantitative estimate of drug-likeness (QED) is 0.660. The number of cyclic esters (lactones) is 2. The van der Waals surface area contributed by atoms with Crippen LogP contribution >= 0.6 is 0 Å². The summed E-state index contributed by atoms with van der Waals surface area (Å²) in [4.78, 5) is 21.4. The van der Waals surface area contributed by atoms with Crippen LogP contribution in [0, 0.1) is 0 Å². The van der Waals surface area contributed by atoms with Crippen molar-refractivity contribution in [2.75, 3.05) is 6.61 Å². The van der Waals surface area contributed by atoms with E-state index in [0.717, 1.165) is 0 Å². The van der Waals surface area contributed by atoms with Crippen LogP contribution in [0.25, 0.3) is 0 Å². The van der Waals surface area contributed by atoms with Crippen LogP contribution in [0.4, 0.5) is 18.0 Å². The SMILES string of the molecule is CCOC(=O)C1OC(=O)OC1C(F)(F)F. The molecule has 1 rings (SSSR count). The first kappa shape index (κ1) is 11.6. The zero-order chi connectivity index (χ0) is 11.6. The molecule has 86 valence electrons. The molecule has 1 aliphatic heterocycles. The van der Waals surface area contributed by atoms with Crippen molar-refractivity contribution in [3.05, 3.63) is 0 Å². The third-order valence-corrected chi connectivity index (χ3v) is 1.56. The monoisotopic (exact) mass is 228 g/mol. The molecule has 0 saturated carbocycles. The van der Waals surface area contributed by atoms with Gasteiger partial charge in [-0.2, -0.15) is 13.2 Å². The Balaban J connectivity index is 2.77. The number of halogens is 3. The van der Waals surface area contributed by atoms with E-state index in [-0.39, 0.29) is 6.61 Å². The van der Waals surface area contributed by atoms with Crippen molar-refractivity contribution in [2.45, 2.75) is 25.3 Å². The third-order valence-electron chi connectivity index (χ3n) is 1.56. The Bertz CT molecular complexity index is 274. The summed E-state index contributed by atoms with van der Waals surface area (Å²) < 4.78 is 48.8. The van der Waals surface area contributed by atoms with Gasteiger partial charge in [-0.3, -0.25) is 0 Å². The van der Waals surface area contributed by atoms with Gasteiger partial charge in [-0.05, 0) is 6.92 Å². The maximum Gasteiger partial charge on any atom is 0.510 e. The van der Waals surface area contributed by atoms with Gasteiger partial charge in [0.2, 0.25) is 12.2 Å². The van der Waals surface area contributed by atoms with Gasteiger partial charge in [0.1, 0.15) is 0 Å². The Kier molecular flexibility index (Phi) is 3.06. The molecular formula is C7H7F3O5. The van der Waals surface area contributed by atoms with E-state index >= 15 is 0 Å². The van der Waals surface area contributed by atoms with Gasteiger partial charge >= 0.3 is 18.3 Å². The molecule has 8 heteroatoms. The van der Waals surface area contributed by atoms with E-state index in [2.05, 4.69) is 14.2 Å². The van der Waals surface area contributed by atoms with E-state index < -0.39 is 30.5 Å². The molecule has 0 aromatic rings. The predicted octanol–water partition coefficient (Wildman–Crippen LogP) is 1.02. The Hall–Kier alpha value is -1.47. The minimum atomic E-state index is -4.86. The summed E-state index contributed by atoms with van der Waals surface area (Å²) in [6.07, 6.45) is -11.1. The molecule has 0 amide bonds. The fourth-order valence-electron chi connectivity index (χ4n) is 0.993. The number of carbonyl (C=O) groups excluding carboxylic acids is 2. The first-order valence-electron chi connectivity index (χ1n) is 3.97. The molecule has 1 aliphatic rings. The fourth-order valence-corrected chi connectivity index (χ4v) is 0.993. The van der Waals surface area contributed by atoms with Crippen LogP contribution in [0.5, 0.6) is 0 Å². The minimum Gasteiger partial charge on any atom is -0.463 e. The van der Waals surface area contributed by atoms with Crippen LogP contribution in [-0.4, -0.2) is 37.1 Å². The standard InChI is InChI=1S/C7H7F3O5/c1-2-13-5(11)3-4(7(8,9)10)15-6(12)14-3/h3-4H,2H2,1H3. The molecule has 0 aromatic carbocycles. The van der Waals surface area contributed by atoms with Crippen molar-refractivity contribution in [1.29, 1.82) is 0 Å². The van der Waals surface area contributed by atoms with E-state index in [4.69, 9.17) is 0 Å². The predicted molar refractivity (Wildman–Crippen MR) is 37.8 cm³/mol. The van der Waals surface area contributed by atoms with Crippen molar-refractivity contribution in [3.63, 3.8) is 0 Å². The largest absolute Gasteiger partial charge is 0.510 e. The Labute approximate surface area is 82.1 Å².